The molecule has 5 nitrogen and oxygen atoms in total. The summed E-state index contributed by atoms with van der Waals surface area (Å²) in [6.07, 6.45) is 4.43. The number of sulfonamides is 1. The second-order valence-electron chi connectivity index (χ2n) is 7.33. The van der Waals surface area contributed by atoms with Crippen molar-refractivity contribution in [1.29, 1.82) is 0 Å². The van der Waals surface area contributed by atoms with E-state index in [2.05, 4.69) is 21.5 Å². The van der Waals surface area contributed by atoms with Crippen LogP contribution >= 0.6 is 11.3 Å². The summed E-state index contributed by atoms with van der Waals surface area (Å²) in [5.74, 6) is -0.300. The van der Waals surface area contributed by atoms with E-state index < -0.39 is 10.0 Å². The Bertz CT molecular complexity index is 899. The minimum Gasteiger partial charge on any atom is -0.354 e. The first-order valence-electron chi connectivity index (χ1n) is 9.20. The summed E-state index contributed by atoms with van der Waals surface area (Å²) in [5, 5.41) is 5.01. The average Bonchev–Trinajstić information content (AvgIpc) is 3.30. The molecule has 27 heavy (non-hydrogen) atoms. The number of hydrogen-bond donors (Lipinski definition) is 2. The van der Waals surface area contributed by atoms with Crippen LogP contribution in [0.25, 0.3) is 0 Å². The molecule has 1 heterocycles. The van der Waals surface area contributed by atoms with Crippen LogP contribution in [-0.4, -0.2) is 27.4 Å². The van der Waals surface area contributed by atoms with Gasteiger partial charge in [0.15, 0.2) is 0 Å². The number of aryl methyl sites for hydroxylation is 2. The van der Waals surface area contributed by atoms with Crippen LogP contribution in [0.2, 0.25) is 0 Å². The van der Waals surface area contributed by atoms with Gasteiger partial charge >= 0.3 is 0 Å². The van der Waals surface area contributed by atoms with Crippen molar-refractivity contribution in [2.75, 3.05) is 13.1 Å². The van der Waals surface area contributed by atoms with Crippen molar-refractivity contribution >= 4 is 27.3 Å². The summed E-state index contributed by atoms with van der Waals surface area (Å²) in [5.41, 5.74) is 1.67. The maximum atomic E-state index is 12.5. The lowest BCUT2D eigenvalue weighted by atomic mass is 9.84. The predicted octanol–water partition coefficient (Wildman–Crippen LogP) is 3.27. The topological polar surface area (TPSA) is 75.3 Å². The van der Waals surface area contributed by atoms with E-state index in [0.29, 0.717) is 12.1 Å². The van der Waals surface area contributed by atoms with Crippen LogP contribution in [0.4, 0.5) is 0 Å². The SMILES string of the molecule is Cc1ccc(S(=O)(=O)NCC(=O)NCC2(c3cccs3)CCCC2)c(C)c1. The van der Waals surface area contributed by atoms with Crippen molar-refractivity contribution in [1.82, 2.24) is 10.0 Å². The van der Waals surface area contributed by atoms with Crippen molar-refractivity contribution in [3.63, 3.8) is 0 Å². The monoisotopic (exact) mass is 406 g/mol. The molecule has 1 aliphatic rings. The van der Waals surface area contributed by atoms with Crippen LogP contribution in [0.1, 0.15) is 41.7 Å². The van der Waals surface area contributed by atoms with Crippen molar-refractivity contribution in [2.24, 2.45) is 0 Å². The minimum atomic E-state index is -3.71. The third kappa shape index (κ3) is 4.59. The van der Waals surface area contributed by atoms with Crippen molar-refractivity contribution < 1.29 is 13.2 Å². The number of nitrogens with one attached hydrogen (secondary N) is 2. The van der Waals surface area contributed by atoms with Gasteiger partial charge in [-0.15, -0.1) is 11.3 Å². The maximum Gasteiger partial charge on any atom is 0.241 e. The molecule has 146 valence electrons. The van der Waals surface area contributed by atoms with Crippen LogP contribution in [0, 0.1) is 13.8 Å². The lowest BCUT2D eigenvalue weighted by molar-refractivity contribution is -0.120. The highest BCUT2D eigenvalue weighted by Gasteiger charge is 2.36. The standard InChI is InChI=1S/C20H26N2O3S2/c1-15-7-8-17(16(2)12-15)27(24,25)22-13-19(23)21-14-20(9-3-4-10-20)18-6-5-11-26-18/h5-8,11-12,22H,3-4,9-10,13-14H2,1-2H3,(H,21,23). The van der Waals surface area contributed by atoms with E-state index >= 15 is 0 Å². The Hall–Kier alpha value is -1.70. The molecule has 1 aliphatic carbocycles. The van der Waals surface area contributed by atoms with Gasteiger partial charge in [0.2, 0.25) is 15.9 Å². The molecule has 1 saturated carbocycles. The van der Waals surface area contributed by atoms with Crippen LogP contribution in [-0.2, 0) is 20.2 Å². The summed E-state index contributed by atoms with van der Waals surface area (Å²) in [7, 11) is -3.71. The Morgan fingerprint density at radius 2 is 1.93 bits per heavy atom. The fourth-order valence-electron chi connectivity index (χ4n) is 3.81. The number of amides is 1. The zero-order chi connectivity index (χ0) is 19.5. The highest BCUT2D eigenvalue weighted by Crippen LogP contribution is 2.42. The van der Waals surface area contributed by atoms with Crippen LogP contribution in [0.15, 0.2) is 40.6 Å². The molecule has 1 amide bonds. The molecule has 1 aromatic heterocycles. The molecule has 0 saturated heterocycles. The predicted molar refractivity (Wildman–Crippen MR) is 109 cm³/mol. The molecule has 3 rings (SSSR count). The number of rotatable bonds is 7. The molecule has 1 fully saturated rings. The Balaban J connectivity index is 1.59. The van der Waals surface area contributed by atoms with Crippen LogP contribution in [0.5, 0.6) is 0 Å². The molecule has 0 aliphatic heterocycles. The van der Waals surface area contributed by atoms with Crippen LogP contribution < -0.4 is 10.0 Å². The summed E-state index contributed by atoms with van der Waals surface area (Å²) in [4.78, 5) is 13.8. The molecule has 1 aromatic carbocycles. The van der Waals surface area contributed by atoms with Crippen molar-refractivity contribution in [2.45, 2.75) is 49.8 Å². The van der Waals surface area contributed by atoms with Gasteiger partial charge in [-0.05, 0) is 49.8 Å². The van der Waals surface area contributed by atoms with Gasteiger partial charge in [-0.1, -0.05) is 36.6 Å². The third-order valence-electron chi connectivity index (χ3n) is 5.27. The van der Waals surface area contributed by atoms with E-state index in [4.69, 9.17) is 0 Å². The largest absolute Gasteiger partial charge is 0.354 e. The first kappa shape index (κ1) is 20.0. The summed E-state index contributed by atoms with van der Waals surface area (Å²) >= 11 is 1.73. The number of benzene rings is 1. The van der Waals surface area contributed by atoms with E-state index in [-0.39, 0.29) is 22.8 Å². The molecule has 0 spiro atoms. The fraction of sp³-hybridized carbons (Fsp3) is 0.450. The van der Waals surface area contributed by atoms with E-state index in [9.17, 15) is 13.2 Å². The van der Waals surface area contributed by atoms with Gasteiger partial charge in [0, 0.05) is 16.8 Å². The van der Waals surface area contributed by atoms with Gasteiger partial charge in [0.1, 0.15) is 0 Å². The van der Waals surface area contributed by atoms with E-state index in [1.54, 1.807) is 30.4 Å². The maximum absolute atomic E-state index is 12.5. The van der Waals surface area contributed by atoms with E-state index in [1.807, 2.05) is 19.1 Å². The normalized spacial score (nSPS) is 16.4. The first-order chi connectivity index (χ1) is 12.8. The van der Waals surface area contributed by atoms with E-state index in [0.717, 1.165) is 31.2 Å². The number of carbonyl (C=O) groups excluding carboxylic acids is 1. The van der Waals surface area contributed by atoms with Crippen molar-refractivity contribution in [3.05, 3.63) is 51.7 Å². The van der Waals surface area contributed by atoms with Crippen molar-refractivity contribution in [3.8, 4) is 0 Å². The molecule has 7 heteroatoms. The van der Waals surface area contributed by atoms with Gasteiger partial charge in [0.25, 0.3) is 0 Å². The van der Waals surface area contributed by atoms with Gasteiger partial charge < -0.3 is 5.32 Å². The molecule has 2 aromatic rings. The average molecular weight is 407 g/mol. The first-order valence-corrected chi connectivity index (χ1v) is 11.6. The third-order valence-corrected chi connectivity index (χ3v) is 7.95. The lowest BCUT2D eigenvalue weighted by Crippen LogP contribution is -2.43. The molecule has 0 radical (unpaired) electrons. The van der Waals surface area contributed by atoms with Gasteiger partial charge in [0.05, 0.1) is 11.4 Å². The highest BCUT2D eigenvalue weighted by atomic mass is 32.2. The number of thiophene rings is 1. The zero-order valence-corrected chi connectivity index (χ0v) is 17.4. The van der Waals surface area contributed by atoms with Gasteiger partial charge in [-0.2, -0.15) is 0 Å². The number of hydrogen-bond acceptors (Lipinski definition) is 4. The fourth-order valence-corrected chi connectivity index (χ4v) is 6.01. The quantitative estimate of drug-likeness (QED) is 0.741. The van der Waals surface area contributed by atoms with Crippen LogP contribution in [0.3, 0.4) is 0 Å². The second kappa shape index (κ2) is 8.12. The molecule has 0 atom stereocenters. The summed E-state index contributed by atoms with van der Waals surface area (Å²) < 4.78 is 27.4. The zero-order valence-electron chi connectivity index (χ0n) is 15.7. The minimum absolute atomic E-state index is 0.00372. The second-order valence-corrected chi connectivity index (χ2v) is 10.0. The molecular formula is C20H26N2O3S2. The summed E-state index contributed by atoms with van der Waals surface area (Å²) in [6, 6.07) is 9.33. The number of carbonyl (C=O) groups is 1. The smallest absolute Gasteiger partial charge is 0.241 e. The van der Waals surface area contributed by atoms with E-state index in [1.165, 1.54) is 4.88 Å². The Morgan fingerprint density at radius 1 is 1.19 bits per heavy atom. The Kier molecular flexibility index (Phi) is 6.03. The molecule has 0 bridgehead atoms. The summed E-state index contributed by atoms with van der Waals surface area (Å²) in [6.45, 7) is 3.97. The lowest BCUT2D eigenvalue weighted by Gasteiger charge is -2.28. The Labute approximate surface area is 165 Å². The molecule has 2 N–H and O–H groups in total. The highest BCUT2D eigenvalue weighted by molar-refractivity contribution is 7.89. The van der Waals surface area contributed by atoms with Gasteiger partial charge in [-0.3, -0.25) is 4.79 Å². The molecular weight excluding hydrogens is 380 g/mol. The van der Waals surface area contributed by atoms with Gasteiger partial charge in [-0.25, -0.2) is 13.1 Å². The Morgan fingerprint density at radius 3 is 2.56 bits per heavy atom. The molecule has 0 unspecified atom stereocenters.